The van der Waals surface area contributed by atoms with Crippen molar-refractivity contribution < 1.29 is 17.6 Å². The summed E-state index contributed by atoms with van der Waals surface area (Å²) in [7, 11) is -1.47. The van der Waals surface area contributed by atoms with Crippen LogP contribution in [0.25, 0.3) is 5.69 Å². The van der Waals surface area contributed by atoms with Crippen LogP contribution in [0, 0.1) is 5.82 Å². The van der Waals surface area contributed by atoms with Gasteiger partial charge in [0, 0.05) is 19.3 Å². The van der Waals surface area contributed by atoms with Crippen molar-refractivity contribution in [3.05, 3.63) is 48.0 Å². The molecule has 2 heterocycles. The van der Waals surface area contributed by atoms with Gasteiger partial charge in [0.1, 0.15) is 5.82 Å². The molecule has 0 radical (unpaired) electrons. The zero-order valence-electron chi connectivity index (χ0n) is 12.5. The zero-order valence-corrected chi connectivity index (χ0v) is 13.3. The first-order valence-corrected chi connectivity index (χ1v) is 8.97. The molecule has 0 bridgehead atoms. The van der Waals surface area contributed by atoms with Gasteiger partial charge >= 0.3 is 0 Å². The summed E-state index contributed by atoms with van der Waals surface area (Å²) in [4.78, 5) is 13.9. The fraction of sp³-hybridized carbons (Fsp3) is 0.333. The predicted molar refractivity (Wildman–Crippen MR) is 82.7 cm³/mol. The molecule has 122 valence electrons. The van der Waals surface area contributed by atoms with Gasteiger partial charge in [-0.2, -0.15) is 5.10 Å². The molecule has 1 aromatic carbocycles. The molecule has 1 aliphatic rings. The highest BCUT2D eigenvalue weighted by atomic mass is 32.2. The van der Waals surface area contributed by atoms with Crippen LogP contribution in [0.3, 0.4) is 0 Å². The molecule has 2 aromatic rings. The first kappa shape index (κ1) is 15.7. The van der Waals surface area contributed by atoms with E-state index in [1.54, 1.807) is 31.4 Å². The van der Waals surface area contributed by atoms with Crippen molar-refractivity contribution in [1.82, 2.24) is 14.7 Å². The molecule has 0 N–H and O–H groups in total. The molecule has 1 saturated heterocycles. The molecule has 0 aliphatic carbocycles. The second kappa shape index (κ2) is 5.77. The van der Waals surface area contributed by atoms with Crippen LogP contribution >= 0.6 is 0 Å². The van der Waals surface area contributed by atoms with Gasteiger partial charge in [-0.1, -0.05) is 0 Å². The van der Waals surface area contributed by atoms with Crippen molar-refractivity contribution >= 4 is 15.7 Å². The maximum atomic E-state index is 12.9. The monoisotopic (exact) mass is 337 g/mol. The smallest absolute Gasteiger partial charge is 0.274 e. The van der Waals surface area contributed by atoms with Crippen molar-refractivity contribution in [3.63, 3.8) is 0 Å². The summed E-state index contributed by atoms with van der Waals surface area (Å²) in [6.07, 6.45) is 2.06. The second-order valence-electron chi connectivity index (χ2n) is 5.59. The van der Waals surface area contributed by atoms with Crippen LogP contribution in [0.15, 0.2) is 36.5 Å². The molecular formula is C15H16FN3O3S. The summed E-state index contributed by atoms with van der Waals surface area (Å²) in [5, 5.41) is 4.19. The number of hydrogen-bond donors (Lipinski definition) is 0. The highest BCUT2D eigenvalue weighted by Crippen LogP contribution is 2.18. The van der Waals surface area contributed by atoms with E-state index in [1.165, 1.54) is 21.7 Å². The van der Waals surface area contributed by atoms with E-state index in [0.717, 1.165) is 0 Å². The van der Waals surface area contributed by atoms with Gasteiger partial charge in [-0.25, -0.2) is 17.5 Å². The maximum Gasteiger partial charge on any atom is 0.274 e. The Morgan fingerprint density at radius 1 is 1.30 bits per heavy atom. The number of hydrogen-bond acceptors (Lipinski definition) is 4. The van der Waals surface area contributed by atoms with E-state index in [4.69, 9.17) is 0 Å². The van der Waals surface area contributed by atoms with E-state index in [1.807, 2.05) is 0 Å². The minimum absolute atomic E-state index is 0.00604. The van der Waals surface area contributed by atoms with Crippen molar-refractivity contribution in [2.24, 2.45) is 0 Å². The molecule has 8 heteroatoms. The van der Waals surface area contributed by atoms with Crippen LogP contribution in [0.4, 0.5) is 4.39 Å². The van der Waals surface area contributed by atoms with E-state index in [2.05, 4.69) is 5.10 Å². The number of sulfone groups is 1. The molecule has 1 atom stereocenters. The Kier molecular flexibility index (Phi) is 3.93. The SMILES string of the molecule is CN(C(=O)c1ccn(-c2ccc(F)cc2)n1)C1CCS(=O)(=O)C1. The Hall–Kier alpha value is -2.22. The van der Waals surface area contributed by atoms with Gasteiger partial charge in [-0.3, -0.25) is 4.79 Å². The molecule has 0 spiro atoms. The van der Waals surface area contributed by atoms with Crippen LogP contribution < -0.4 is 0 Å². The second-order valence-corrected chi connectivity index (χ2v) is 7.82. The zero-order chi connectivity index (χ0) is 16.6. The molecule has 1 fully saturated rings. The Bertz CT molecular complexity index is 830. The number of carbonyl (C=O) groups excluding carboxylic acids is 1. The van der Waals surface area contributed by atoms with Gasteiger partial charge in [-0.15, -0.1) is 0 Å². The van der Waals surface area contributed by atoms with E-state index < -0.39 is 9.84 Å². The fourth-order valence-corrected chi connectivity index (χ4v) is 4.38. The van der Waals surface area contributed by atoms with Gasteiger partial charge in [0.15, 0.2) is 15.5 Å². The summed E-state index contributed by atoms with van der Waals surface area (Å²) in [6, 6.07) is 6.99. The minimum Gasteiger partial charge on any atom is -0.336 e. The first-order chi connectivity index (χ1) is 10.9. The molecule has 1 aliphatic heterocycles. The van der Waals surface area contributed by atoms with Crippen LogP contribution in [0.1, 0.15) is 16.9 Å². The lowest BCUT2D eigenvalue weighted by atomic mass is 10.2. The molecule has 1 unspecified atom stereocenters. The van der Waals surface area contributed by atoms with Crippen molar-refractivity contribution in [3.8, 4) is 5.69 Å². The molecule has 1 aromatic heterocycles. The number of halogens is 1. The van der Waals surface area contributed by atoms with Gasteiger partial charge in [0.05, 0.1) is 17.2 Å². The number of rotatable bonds is 3. The lowest BCUT2D eigenvalue weighted by Crippen LogP contribution is -2.38. The van der Waals surface area contributed by atoms with Gasteiger partial charge in [-0.05, 0) is 36.8 Å². The van der Waals surface area contributed by atoms with Crippen LogP contribution in [-0.4, -0.2) is 53.6 Å². The third kappa shape index (κ3) is 3.26. The van der Waals surface area contributed by atoms with Gasteiger partial charge in [0.25, 0.3) is 5.91 Å². The minimum atomic E-state index is -3.05. The average Bonchev–Trinajstić information content (AvgIpc) is 3.13. The van der Waals surface area contributed by atoms with Crippen LogP contribution in [-0.2, 0) is 9.84 Å². The van der Waals surface area contributed by atoms with Crippen molar-refractivity contribution in [2.75, 3.05) is 18.6 Å². The predicted octanol–water partition coefficient (Wildman–Crippen LogP) is 1.27. The van der Waals surface area contributed by atoms with E-state index in [9.17, 15) is 17.6 Å². The molecule has 6 nitrogen and oxygen atoms in total. The summed E-state index contributed by atoms with van der Waals surface area (Å²) in [6.45, 7) is 0. The van der Waals surface area contributed by atoms with Gasteiger partial charge < -0.3 is 4.90 Å². The lowest BCUT2D eigenvalue weighted by Gasteiger charge is -2.22. The largest absolute Gasteiger partial charge is 0.336 e. The van der Waals surface area contributed by atoms with E-state index >= 15 is 0 Å². The van der Waals surface area contributed by atoms with E-state index in [0.29, 0.717) is 12.1 Å². The highest BCUT2D eigenvalue weighted by Gasteiger charge is 2.33. The molecule has 0 saturated carbocycles. The van der Waals surface area contributed by atoms with Gasteiger partial charge in [0.2, 0.25) is 0 Å². The number of nitrogens with zero attached hydrogens (tertiary/aromatic N) is 3. The maximum absolute atomic E-state index is 12.9. The van der Waals surface area contributed by atoms with Crippen LogP contribution in [0.5, 0.6) is 0 Å². The topological polar surface area (TPSA) is 72.3 Å². The summed E-state index contributed by atoms with van der Waals surface area (Å²) >= 11 is 0. The normalized spacial score (nSPS) is 19.7. The fourth-order valence-electron chi connectivity index (χ4n) is 2.60. The number of amides is 1. The number of aromatic nitrogens is 2. The standard InChI is InChI=1S/C15H16FN3O3S/c1-18(13-7-9-23(21,22)10-13)15(20)14-6-8-19(17-14)12-4-2-11(16)3-5-12/h2-6,8,13H,7,9-10H2,1H3. The summed E-state index contributed by atoms with van der Waals surface area (Å²) < 4.78 is 37.5. The van der Waals surface area contributed by atoms with Crippen molar-refractivity contribution in [2.45, 2.75) is 12.5 Å². The quantitative estimate of drug-likeness (QED) is 0.845. The average molecular weight is 337 g/mol. The first-order valence-electron chi connectivity index (χ1n) is 7.15. The Morgan fingerprint density at radius 3 is 2.61 bits per heavy atom. The third-order valence-corrected chi connectivity index (χ3v) is 5.73. The lowest BCUT2D eigenvalue weighted by molar-refractivity contribution is 0.0741. The highest BCUT2D eigenvalue weighted by molar-refractivity contribution is 7.91. The molecule has 1 amide bonds. The Balaban J connectivity index is 1.77. The summed E-state index contributed by atoms with van der Waals surface area (Å²) in [5.74, 6) is -0.569. The molecule has 3 rings (SSSR count). The number of benzene rings is 1. The van der Waals surface area contributed by atoms with Crippen molar-refractivity contribution in [1.29, 1.82) is 0 Å². The third-order valence-electron chi connectivity index (χ3n) is 3.98. The number of carbonyl (C=O) groups is 1. The summed E-state index contributed by atoms with van der Waals surface area (Å²) in [5.41, 5.74) is 0.859. The Labute approximate surface area is 133 Å². The van der Waals surface area contributed by atoms with E-state index in [-0.39, 0.29) is 35.0 Å². The van der Waals surface area contributed by atoms with Crippen LogP contribution in [0.2, 0.25) is 0 Å². The molecular weight excluding hydrogens is 321 g/mol. The Morgan fingerprint density at radius 2 is 2.00 bits per heavy atom. The molecule has 23 heavy (non-hydrogen) atoms.